The monoisotopic (exact) mass is 265 g/mol. The summed E-state index contributed by atoms with van der Waals surface area (Å²) in [6.45, 7) is 6.20. The van der Waals surface area contributed by atoms with Crippen LogP contribution in [0, 0.1) is 26.6 Å². The molecule has 0 bridgehead atoms. The number of aromatic nitrogens is 1. The number of pyridine rings is 1. The fourth-order valence-corrected chi connectivity index (χ4v) is 2.65. The van der Waals surface area contributed by atoms with Gasteiger partial charge < -0.3 is 0 Å². The molecule has 2 heteroatoms. The Balaban J connectivity index is 2.27. The second-order valence-electron chi connectivity index (χ2n) is 5.37. The van der Waals surface area contributed by atoms with Crippen molar-refractivity contribution in [1.29, 1.82) is 0 Å². The van der Waals surface area contributed by atoms with Gasteiger partial charge in [0.25, 0.3) is 0 Å². The minimum absolute atomic E-state index is 0.250. The molecule has 0 aliphatic carbocycles. The van der Waals surface area contributed by atoms with Crippen LogP contribution in [-0.4, -0.2) is 4.98 Å². The van der Waals surface area contributed by atoms with Gasteiger partial charge in [-0.3, -0.25) is 0 Å². The van der Waals surface area contributed by atoms with E-state index in [9.17, 15) is 4.39 Å². The van der Waals surface area contributed by atoms with Crippen molar-refractivity contribution < 1.29 is 4.39 Å². The van der Waals surface area contributed by atoms with Gasteiger partial charge in [0, 0.05) is 17.0 Å². The molecule has 0 aliphatic rings. The highest BCUT2D eigenvalue weighted by Gasteiger charge is 2.08. The van der Waals surface area contributed by atoms with Crippen LogP contribution in [-0.2, 0) is 0 Å². The molecule has 0 amide bonds. The van der Waals surface area contributed by atoms with Crippen LogP contribution in [0.15, 0.2) is 42.5 Å². The van der Waals surface area contributed by atoms with E-state index in [1.54, 1.807) is 6.07 Å². The Morgan fingerprint density at radius 2 is 1.55 bits per heavy atom. The van der Waals surface area contributed by atoms with E-state index in [1.165, 1.54) is 23.3 Å². The van der Waals surface area contributed by atoms with Crippen molar-refractivity contribution in [2.24, 2.45) is 0 Å². The van der Waals surface area contributed by atoms with Crippen molar-refractivity contribution in [2.75, 3.05) is 0 Å². The molecule has 2 aromatic carbocycles. The van der Waals surface area contributed by atoms with Gasteiger partial charge in [-0.15, -0.1) is 0 Å². The summed E-state index contributed by atoms with van der Waals surface area (Å²) in [6, 6.07) is 13.2. The van der Waals surface area contributed by atoms with Crippen LogP contribution in [0.25, 0.3) is 22.2 Å². The zero-order chi connectivity index (χ0) is 14.3. The Morgan fingerprint density at radius 3 is 2.25 bits per heavy atom. The van der Waals surface area contributed by atoms with Crippen LogP contribution < -0.4 is 0 Å². The van der Waals surface area contributed by atoms with Crippen LogP contribution in [0.2, 0.25) is 0 Å². The molecule has 0 atom stereocenters. The summed E-state index contributed by atoms with van der Waals surface area (Å²) < 4.78 is 13.4. The van der Waals surface area contributed by atoms with Gasteiger partial charge in [-0.1, -0.05) is 17.2 Å². The smallest absolute Gasteiger partial charge is 0.125 e. The molecule has 100 valence electrons. The number of rotatable bonds is 1. The quantitative estimate of drug-likeness (QED) is 0.605. The van der Waals surface area contributed by atoms with Crippen molar-refractivity contribution in [3.63, 3.8) is 0 Å². The van der Waals surface area contributed by atoms with Crippen LogP contribution in [0.3, 0.4) is 0 Å². The van der Waals surface area contributed by atoms with Gasteiger partial charge in [-0.2, -0.15) is 0 Å². The predicted molar refractivity (Wildman–Crippen MR) is 81.3 cm³/mol. The molecular weight excluding hydrogens is 249 g/mol. The molecule has 0 fully saturated rings. The van der Waals surface area contributed by atoms with Crippen LogP contribution in [0.5, 0.6) is 0 Å². The second-order valence-corrected chi connectivity index (χ2v) is 5.37. The summed E-state index contributed by atoms with van der Waals surface area (Å²) in [4.78, 5) is 4.65. The highest BCUT2D eigenvalue weighted by molar-refractivity contribution is 5.83. The lowest BCUT2D eigenvalue weighted by Gasteiger charge is -2.09. The van der Waals surface area contributed by atoms with Crippen molar-refractivity contribution >= 4 is 10.9 Å². The maximum absolute atomic E-state index is 13.4. The molecule has 3 rings (SSSR count). The van der Waals surface area contributed by atoms with E-state index in [-0.39, 0.29) is 5.82 Å². The Bertz CT molecular complexity index is 786. The molecular formula is C18H16FN. The first kappa shape index (κ1) is 12.8. The van der Waals surface area contributed by atoms with Gasteiger partial charge in [-0.25, -0.2) is 9.37 Å². The van der Waals surface area contributed by atoms with E-state index >= 15 is 0 Å². The molecule has 0 spiro atoms. The lowest BCUT2D eigenvalue weighted by atomic mass is 10.0. The highest BCUT2D eigenvalue weighted by Crippen LogP contribution is 2.27. The van der Waals surface area contributed by atoms with Gasteiger partial charge in [0.05, 0.1) is 11.2 Å². The van der Waals surface area contributed by atoms with Crippen molar-refractivity contribution in [1.82, 2.24) is 4.98 Å². The van der Waals surface area contributed by atoms with Gasteiger partial charge >= 0.3 is 0 Å². The maximum Gasteiger partial charge on any atom is 0.125 e. The van der Waals surface area contributed by atoms with Gasteiger partial charge in [0.2, 0.25) is 0 Å². The zero-order valence-corrected chi connectivity index (χ0v) is 11.9. The third kappa shape index (κ3) is 2.29. The fraction of sp³-hybridized carbons (Fsp3) is 0.167. The third-order valence-corrected chi connectivity index (χ3v) is 3.47. The number of halogens is 1. The molecule has 0 saturated carbocycles. The molecule has 1 heterocycles. The number of nitrogens with zero attached hydrogens (tertiary/aromatic N) is 1. The van der Waals surface area contributed by atoms with E-state index < -0.39 is 0 Å². The van der Waals surface area contributed by atoms with E-state index in [2.05, 4.69) is 43.1 Å². The minimum atomic E-state index is -0.250. The maximum atomic E-state index is 13.4. The fourth-order valence-electron chi connectivity index (χ4n) is 2.65. The highest BCUT2D eigenvalue weighted by atomic mass is 19.1. The second kappa shape index (κ2) is 4.71. The van der Waals surface area contributed by atoms with E-state index in [0.29, 0.717) is 5.52 Å². The summed E-state index contributed by atoms with van der Waals surface area (Å²) in [5, 5.41) is 0.969. The average Bonchev–Trinajstić information content (AvgIpc) is 2.37. The number of fused-ring (bicyclic) bond motifs is 1. The lowest BCUT2D eigenvalue weighted by molar-refractivity contribution is 0.629. The molecule has 0 aliphatic heterocycles. The number of hydrogen-bond donors (Lipinski definition) is 0. The lowest BCUT2D eigenvalue weighted by Crippen LogP contribution is -1.92. The van der Waals surface area contributed by atoms with E-state index in [4.69, 9.17) is 0 Å². The average molecular weight is 265 g/mol. The minimum Gasteiger partial charge on any atom is -0.247 e. The molecule has 0 unspecified atom stereocenters. The molecule has 0 N–H and O–H groups in total. The summed E-state index contributed by atoms with van der Waals surface area (Å²) >= 11 is 0. The third-order valence-electron chi connectivity index (χ3n) is 3.47. The topological polar surface area (TPSA) is 12.9 Å². The number of benzene rings is 2. The standard InChI is InChI=1S/C18H16FN/c1-11-6-12(2)8-15(7-11)18-13(3)9-14-4-5-16(19)10-17(14)20-18/h4-10H,1-3H3. The molecule has 1 aromatic heterocycles. The summed E-state index contributed by atoms with van der Waals surface area (Å²) in [5.74, 6) is -0.250. The predicted octanol–water partition coefficient (Wildman–Crippen LogP) is 4.97. The summed E-state index contributed by atoms with van der Waals surface area (Å²) in [7, 11) is 0. The SMILES string of the molecule is Cc1cc(C)cc(-c2nc3cc(F)ccc3cc2C)c1. The Labute approximate surface area is 118 Å². The Morgan fingerprint density at radius 1 is 0.850 bits per heavy atom. The van der Waals surface area contributed by atoms with Crippen molar-refractivity contribution in [2.45, 2.75) is 20.8 Å². The largest absolute Gasteiger partial charge is 0.247 e. The molecule has 0 saturated heterocycles. The van der Waals surface area contributed by atoms with Crippen LogP contribution >= 0.6 is 0 Å². The number of aryl methyl sites for hydroxylation is 3. The molecule has 1 nitrogen and oxygen atoms in total. The first-order valence-corrected chi connectivity index (χ1v) is 6.68. The molecule has 3 aromatic rings. The normalized spacial score (nSPS) is 11.0. The van der Waals surface area contributed by atoms with Crippen molar-refractivity contribution in [3.8, 4) is 11.3 Å². The Kier molecular flexibility index (Phi) is 3.01. The van der Waals surface area contributed by atoms with Gasteiger partial charge in [-0.05, 0) is 56.7 Å². The molecule has 20 heavy (non-hydrogen) atoms. The van der Waals surface area contributed by atoms with Crippen LogP contribution in [0.1, 0.15) is 16.7 Å². The first-order valence-electron chi connectivity index (χ1n) is 6.68. The summed E-state index contributed by atoms with van der Waals surface area (Å²) in [6.07, 6.45) is 0. The van der Waals surface area contributed by atoms with Crippen molar-refractivity contribution in [3.05, 3.63) is 65.0 Å². The van der Waals surface area contributed by atoms with Gasteiger partial charge in [0.15, 0.2) is 0 Å². The summed E-state index contributed by atoms with van der Waals surface area (Å²) in [5.41, 5.74) is 6.24. The zero-order valence-electron chi connectivity index (χ0n) is 11.9. The van der Waals surface area contributed by atoms with Crippen LogP contribution in [0.4, 0.5) is 4.39 Å². The van der Waals surface area contributed by atoms with Gasteiger partial charge in [0.1, 0.15) is 5.82 Å². The number of hydrogen-bond acceptors (Lipinski definition) is 1. The Hall–Kier alpha value is -2.22. The van der Waals surface area contributed by atoms with E-state index in [0.717, 1.165) is 22.2 Å². The first-order chi connectivity index (χ1) is 9.52. The molecule has 0 radical (unpaired) electrons. The van der Waals surface area contributed by atoms with E-state index in [1.807, 2.05) is 6.92 Å².